The smallest absolute Gasteiger partial charge is 0.303 e. The molecule has 7 heteroatoms. The highest BCUT2D eigenvalue weighted by Crippen LogP contribution is 2.24. The van der Waals surface area contributed by atoms with Gasteiger partial charge < -0.3 is 5.73 Å². The van der Waals surface area contributed by atoms with Gasteiger partial charge in [0.05, 0.1) is 5.69 Å². The second-order valence-electron chi connectivity index (χ2n) is 5.50. The maximum Gasteiger partial charge on any atom is 0.303 e. The first-order valence-corrected chi connectivity index (χ1v) is 8.76. The summed E-state index contributed by atoms with van der Waals surface area (Å²) in [4.78, 5) is 0.259. The van der Waals surface area contributed by atoms with E-state index in [2.05, 4.69) is 6.92 Å². The van der Waals surface area contributed by atoms with Gasteiger partial charge >= 0.3 is 10.2 Å². The zero-order valence-electron chi connectivity index (χ0n) is 12.3. The lowest BCUT2D eigenvalue weighted by molar-refractivity contribution is 0.281. The highest BCUT2D eigenvalue weighted by atomic mass is 32.2. The van der Waals surface area contributed by atoms with Gasteiger partial charge in [0.1, 0.15) is 4.99 Å². The zero-order chi connectivity index (χ0) is 15.6. The lowest BCUT2D eigenvalue weighted by Gasteiger charge is -2.33. The third kappa shape index (κ3) is 3.53. The second-order valence-corrected chi connectivity index (χ2v) is 7.89. The number of hydrogen-bond donors (Lipinski definition) is 1. The van der Waals surface area contributed by atoms with E-state index in [1.165, 1.54) is 4.31 Å². The van der Waals surface area contributed by atoms with Crippen LogP contribution in [0, 0.1) is 5.92 Å². The monoisotopic (exact) mass is 327 g/mol. The lowest BCUT2D eigenvalue weighted by atomic mass is 10.0. The predicted molar refractivity (Wildman–Crippen MR) is 89.6 cm³/mol. The molecule has 1 aliphatic rings. The molecule has 1 heterocycles. The fourth-order valence-corrected chi connectivity index (χ4v) is 4.17. The first-order chi connectivity index (χ1) is 9.82. The lowest BCUT2D eigenvalue weighted by Crippen LogP contribution is -2.46. The zero-order valence-corrected chi connectivity index (χ0v) is 14.0. The number of anilines is 1. The standard InChI is InChI=1S/C14H21N3O2S2/c1-11-5-4-8-17(10-11)21(18,19)16(2)13-7-3-6-12(9-13)14(15)20/h3,6-7,9,11H,4-5,8,10H2,1-2H3,(H2,15,20). The van der Waals surface area contributed by atoms with Crippen LogP contribution in [0.5, 0.6) is 0 Å². The van der Waals surface area contributed by atoms with Crippen LogP contribution >= 0.6 is 12.2 Å². The van der Waals surface area contributed by atoms with E-state index in [0.29, 0.717) is 30.3 Å². The Hall–Kier alpha value is -1.18. The summed E-state index contributed by atoms with van der Waals surface area (Å²) < 4.78 is 28.2. The van der Waals surface area contributed by atoms with Crippen LogP contribution in [0.25, 0.3) is 0 Å². The van der Waals surface area contributed by atoms with Gasteiger partial charge in [0.2, 0.25) is 0 Å². The Kier molecular flexibility index (Phi) is 4.85. The summed E-state index contributed by atoms with van der Waals surface area (Å²) in [6, 6.07) is 6.98. The minimum Gasteiger partial charge on any atom is -0.389 e. The van der Waals surface area contributed by atoms with Crippen molar-refractivity contribution < 1.29 is 8.42 Å². The SMILES string of the molecule is CC1CCCN(S(=O)(=O)N(C)c2cccc(C(N)=S)c2)C1. The number of nitrogens with two attached hydrogens (primary N) is 1. The Labute approximate surface area is 131 Å². The van der Waals surface area contributed by atoms with E-state index >= 15 is 0 Å². The predicted octanol–water partition coefficient (Wildman–Crippen LogP) is 1.73. The Balaban J connectivity index is 2.27. The Morgan fingerprint density at radius 3 is 2.81 bits per heavy atom. The average Bonchev–Trinajstić information content (AvgIpc) is 2.46. The van der Waals surface area contributed by atoms with E-state index in [1.807, 2.05) is 0 Å². The molecule has 1 aliphatic heterocycles. The molecule has 0 amide bonds. The van der Waals surface area contributed by atoms with Crippen LogP contribution in [0.2, 0.25) is 0 Å². The molecule has 2 N–H and O–H groups in total. The quantitative estimate of drug-likeness (QED) is 0.855. The topological polar surface area (TPSA) is 66.6 Å². The molecular formula is C14H21N3O2S2. The van der Waals surface area contributed by atoms with Gasteiger partial charge in [0, 0.05) is 25.7 Å². The van der Waals surface area contributed by atoms with Crippen molar-refractivity contribution in [3.8, 4) is 0 Å². The number of benzene rings is 1. The van der Waals surface area contributed by atoms with Crippen molar-refractivity contribution in [1.82, 2.24) is 4.31 Å². The van der Waals surface area contributed by atoms with E-state index in [4.69, 9.17) is 18.0 Å². The number of hydrogen-bond acceptors (Lipinski definition) is 3. The van der Waals surface area contributed by atoms with Gasteiger partial charge in [-0.05, 0) is 30.9 Å². The van der Waals surface area contributed by atoms with Crippen LogP contribution in [0.1, 0.15) is 25.3 Å². The Bertz CT molecular complexity index is 631. The molecular weight excluding hydrogens is 306 g/mol. The minimum atomic E-state index is -3.51. The third-order valence-corrected chi connectivity index (χ3v) is 5.91. The van der Waals surface area contributed by atoms with Crippen molar-refractivity contribution in [1.29, 1.82) is 0 Å². The summed E-state index contributed by atoms with van der Waals surface area (Å²) in [7, 11) is -1.95. The first kappa shape index (κ1) is 16.2. The number of nitrogens with zero attached hydrogens (tertiary/aromatic N) is 2. The molecule has 0 aromatic heterocycles. The minimum absolute atomic E-state index is 0.259. The van der Waals surface area contributed by atoms with Crippen molar-refractivity contribution in [3.63, 3.8) is 0 Å². The molecule has 0 spiro atoms. The van der Waals surface area contributed by atoms with E-state index in [0.717, 1.165) is 12.8 Å². The van der Waals surface area contributed by atoms with Gasteiger partial charge in [0.25, 0.3) is 0 Å². The van der Waals surface area contributed by atoms with Crippen LogP contribution < -0.4 is 10.0 Å². The van der Waals surface area contributed by atoms with Crippen molar-refractivity contribution >= 4 is 33.1 Å². The van der Waals surface area contributed by atoms with Gasteiger partial charge in [-0.25, -0.2) is 0 Å². The fraction of sp³-hybridized carbons (Fsp3) is 0.500. The van der Waals surface area contributed by atoms with Crippen LogP contribution in [-0.4, -0.2) is 37.8 Å². The first-order valence-electron chi connectivity index (χ1n) is 6.96. The summed E-state index contributed by atoms with van der Waals surface area (Å²) in [5, 5.41) is 0. The van der Waals surface area contributed by atoms with Crippen LogP contribution in [-0.2, 0) is 10.2 Å². The van der Waals surface area contributed by atoms with Gasteiger partial charge in [-0.15, -0.1) is 0 Å². The van der Waals surface area contributed by atoms with Gasteiger partial charge in [0.15, 0.2) is 0 Å². The fourth-order valence-electron chi connectivity index (χ4n) is 2.52. The van der Waals surface area contributed by atoms with Gasteiger partial charge in [-0.3, -0.25) is 4.31 Å². The second kappa shape index (κ2) is 6.29. The molecule has 1 aromatic rings. The van der Waals surface area contributed by atoms with E-state index in [-0.39, 0.29) is 4.99 Å². The summed E-state index contributed by atoms with van der Waals surface area (Å²) in [6.07, 6.45) is 1.98. The molecule has 2 rings (SSSR count). The molecule has 21 heavy (non-hydrogen) atoms. The van der Waals surface area contributed by atoms with Crippen LogP contribution in [0.15, 0.2) is 24.3 Å². The van der Waals surface area contributed by atoms with E-state index < -0.39 is 10.2 Å². The molecule has 1 saturated heterocycles. The van der Waals surface area contributed by atoms with Crippen molar-refractivity contribution in [2.24, 2.45) is 11.7 Å². The van der Waals surface area contributed by atoms with Crippen molar-refractivity contribution in [2.75, 3.05) is 24.4 Å². The molecule has 1 fully saturated rings. The number of thiocarbonyl (C=S) groups is 1. The number of rotatable bonds is 4. The average molecular weight is 327 g/mol. The van der Waals surface area contributed by atoms with Gasteiger partial charge in [-0.2, -0.15) is 12.7 Å². The molecule has 116 valence electrons. The summed E-state index contributed by atoms with van der Waals surface area (Å²) in [5.74, 6) is 0.393. The van der Waals surface area contributed by atoms with Crippen molar-refractivity contribution in [2.45, 2.75) is 19.8 Å². The molecule has 0 saturated carbocycles. The molecule has 0 bridgehead atoms. The highest BCUT2D eigenvalue weighted by Gasteiger charge is 2.30. The van der Waals surface area contributed by atoms with Crippen molar-refractivity contribution in [3.05, 3.63) is 29.8 Å². The summed E-state index contributed by atoms with van der Waals surface area (Å²) in [5.41, 5.74) is 6.84. The van der Waals surface area contributed by atoms with Gasteiger partial charge in [-0.1, -0.05) is 31.3 Å². The Morgan fingerprint density at radius 1 is 1.48 bits per heavy atom. The summed E-state index contributed by atoms with van der Waals surface area (Å²) in [6.45, 7) is 3.23. The maximum atomic E-state index is 12.7. The largest absolute Gasteiger partial charge is 0.389 e. The normalized spacial score (nSPS) is 20.2. The molecule has 1 aromatic carbocycles. The number of piperidine rings is 1. The Morgan fingerprint density at radius 2 is 2.19 bits per heavy atom. The van der Waals surface area contributed by atoms with E-state index in [9.17, 15) is 8.42 Å². The third-order valence-electron chi connectivity index (χ3n) is 3.79. The molecule has 1 unspecified atom stereocenters. The van der Waals surface area contributed by atoms with Crippen LogP contribution in [0.4, 0.5) is 5.69 Å². The highest BCUT2D eigenvalue weighted by molar-refractivity contribution is 7.90. The molecule has 5 nitrogen and oxygen atoms in total. The molecule has 0 aliphatic carbocycles. The molecule has 0 radical (unpaired) electrons. The van der Waals surface area contributed by atoms with E-state index in [1.54, 1.807) is 35.6 Å². The molecule has 1 atom stereocenters. The van der Waals surface area contributed by atoms with Crippen LogP contribution in [0.3, 0.4) is 0 Å². The maximum absolute atomic E-state index is 12.7. The summed E-state index contributed by atoms with van der Waals surface area (Å²) >= 11 is 4.94.